The molecular weight excluding hydrogens is 214 g/mol. The number of rotatable bonds is 7. The second-order valence-electron chi connectivity index (χ2n) is 5.94. The van der Waals surface area contributed by atoms with Crippen molar-refractivity contribution in [1.29, 1.82) is 0 Å². The molecule has 1 N–H and O–H groups in total. The first-order valence-electron chi connectivity index (χ1n) is 6.79. The van der Waals surface area contributed by atoms with Gasteiger partial charge in [-0.05, 0) is 33.6 Å². The highest BCUT2D eigenvalue weighted by Gasteiger charge is 2.50. The maximum Gasteiger partial charge on any atom is 0.0746 e. The van der Waals surface area contributed by atoms with Crippen molar-refractivity contribution in [2.45, 2.75) is 65.2 Å². The third-order valence-electron chi connectivity index (χ3n) is 4.44. The van der Waals surface area contributed by atoms with Crippen molar-refractivity contribution < 1.29 is 9.47 Å². The second kappa shape index (κ2) is 5.68. The molecule has 1 aliphatic rings. The molecule has 0 bridgehead atoms. The second-order valence-corrected chi connectivity index (χ2v) is 5.94. The summed E-state index contributed by atoms with van der Waals surface area (Å²) in [6, 6.07) is 0.554. The Morgan fingerprint density at radius 2 is 2.00 bits per heavy atom. The molecule has 0 aromatic rings. The molecule has 0 radical (unpaired) electrons. The molecule has 3 unspecified atom stereocenters. The van der Waals surface area contributed by atoms with Gasteiger partial charge < -0.3 is 14.8 Å². The first kappa shape index (κ1) is 14.9. The van der Waals surface area contributed by atoms with Gasteiger partial charge in [-0.25, -0.2) is 0 Å². The van der Waals surface area contributed by atoms with E-state index in [4.69, 9.17) is 9.47 Å². The van der Waals surface area contributed by atoms with Gasteiger partial charge in [-0.3, -0.25) is 0 Å². The SMILES string of the molecule is CCOC1CC(NCC(C)(C)OC)C1(C)CC. The van der Waals surface area contributed by atoms with Crippen molar-refractivity contribution in [2.24, 2.45) is 5.41 Å². The Bertz CT molecular complexity index is 242. The average molecular weight is 243 g/mol. The number of methoxy groups -OCH3 is 1. The lowest BCUT2D eigenvalue weighted by atomic mass is 9.61. The van der Waals surface area contributed by atoms with Crippen LogP contribution in [-0.2, 0) is 9.47 Å². The van der Waals surface area contributed by atoms with E-state index in [-0.39, 0.29) is 11.0 Å². The van der Waals surface area contributed by atoms with E-state index in [2.05, 4.69) is 39.9 Å². The fraction of sp³-hybridized carbons (Fsp3) is 1.00. The molecule has 17 heavy (non-hydrogen) atoms. The fourth-order valence-corrected chi connectivity index (χ4v) is 2.51. The van der Waals surface area contributed by atoms with Gasteiger partial charge in [-0.15, -0.1) is 0 Å². The molecular formula is C14H29NO2. The molecule has 102 valence electrons. The molecule has 0 heterocycles. The van der Waals surface area contributed by atoms with Crippen LogP contribution in [0.4, 0.5) is 0 Å². The Balaban J connectivity index is 2.46. The van der Waals surface area contributed by atoms with Crippen molar-refractivity contribution in [1.82, 2.24) is 5.32 Å². The van der Waals surface area contributed by atoms with E-state index in [9.17, 15) is 0 Å². The lowest BCUT2D eigenvalue weighted by molar-refractivity contribution is -0.129. The van der Waals surface area contributed by atoms with Crippen LogP contribution >= 0.6 is 0 Å². The maximum absolute atomic E-state index is 5.80. The van der Waals surface area contributed by atoms with E-state index in [0.29, 0.717) is 12.1 Å². The van der Waals surface area contributed by atoms with Crippen molar-refractivity contribution in [3.63, 3.8) is 0 Å². The standard InChI is InChI=1S/C14H29NO2/c1-7-14(5)11(9-12(14)17-8-2)15-10-13(3,4)16-6/h11-12,15H,7-10H2,1-6H3. The van der Waals surface area contributed by atoms with Crippen LogP contribution in [0.1, 0.15) is 47.5 Å². The van der Waals surface area contributed by atoms with Crippen molar-refractivity contribution in [3.05, 3.63) is 0 Å². The normalized spacial score (nSPS) is 33.5. The van der Waals surface area contributed by atoms with Crippen LogP contribution in [0.5, 0.6) is 0 Å². The first-order chi connectivity index (χ1) is 7.89. The minimum Gasteiger partial charge on any atom is -0.378 e. The maximum atomic E-state index is 5.80. The molecule has 0 amide bonds. The van der Waals surface area contributed by atoms with Gasteiger partial charge in [0.05, 0.1) is 11.7 Å². The largest absolute Gasteiger partial charge is 0.378 e. The van der Waals surface area contributed by atoms with Crippen molar-refractivity contribution >= 4 is 0 Å². The molecule has 0 aliphatic heterocycles. The predicted octanol–water partition coefficient (Wildman–Crippen LogP) is 2.59. The topological polar surface area (TPSA) is 30.5 Å². The summed E-state index contributed by atoms with van der Waals surface area (Å²) >= 11 is 0. The number of hydrogen-bond acceptors (Lipinski definition) is 3. The predicted molar refractivity (Wildman–Crippen MR) is 71.3 cm³/mol. The summed E-state index contributed by atoms with van der Waals surface area (Å²) in [5, 5.41) is 3.64. The zero-order valence-corrected chi connectivity index (χ0v) is 12.3. The van der Waals surface area contributed by atoms with Gasteiger partial charge in [-0.1, -0.05) is 13.8 Å². The van der Waals surface area contributed by atoms with E-state index in [1.54, 1.807) is 7.11 Å². The smallest absolute Gasteiger partial charge is 0.0746 e. The summed E-state index contributed by atoms with van der Waals surface area (Å²) in [4.78, 5) is 0. The molecule has 0 aromatic heterocycles. The molecule has 0 aromatic carbocycles. The highest BCUT2D eigenvalue weighted by atomic mass is 16.5. The van der Waals surface area contributed by atoms with Gasteiger partial charge in [-0.2, -0.15) is 0 Å². The zero-order valence-electron chi connectivity index (χ0n) is 12.3. The summed E-state index contributed by atoms with van der Waals surface area (Å²) in [7, 11) is 1.77. The number of ether oxygens (including phenoxy) is 2. The quantitative estimate of drug-likeness (QED) is 0.745. The first-order valence-corrected chi connectivity index (χ1v) is 6.79. The molecule has 1 rings (SSSR count). The van der Waals surface area contributed by atoms with Gasteiger partial charge in [0.2, 0.25) is 0 Å². The fourth-order valence-electron chi connectivity index (χ4n) is 2.51. The molecule has 3 atom stereocenters. The van der Waals surface area contributed by atoms with E-state index >= 15 is 0 Å². The van der Waals surface area contributed by atoms with Gasteiger partial charge in [0.1, 0.15) is 0 Å². The van der Waals surface area contributed by atoms with Crippen LogP contribution < -0.4 is 5.32 Å². The Morgan fingerprint density at radius 3 is 2.47 bits per heavy atom. The Kier molecular flexibility index (Phi) is 4.99. The highest BCUT2D eigenvalue weighted by molar-refractivity contribution is 5.05. The molecule has 1 saturated carbocycles. The lowest BCUT2D eigenvalue weighted by Gasteiger charge is -2.54. The molecule has 1 aliphatic carbocycles. The van der Waals surface area contributed by atoms with Gasteiger partial charge in [0, 0.05) is 31.7 Å². The highest BCUT2D eigenvalue weighted by Crippen LogP contribution is 2.45. The number of nitrogens with one attached hydrogen (secondary N) is 1. The van der Waals surface area contributed by atoms with E-state index in [0.717, 1.165) is 26.0 Å². The summed E-state index contributed by atoms with van der Waals surface area (Å²) in [5.41, 5.74) is 0.186. The molecule has 0 spiro atoms. The molecule has 3 heteroatoms. The zero-order chi connectivity index (χ0) is 13.1. The third kappa shape index (κ3) is 3.21. The summed E-state index contributed by atoms with van der Waals surface area (Å²) in [5.74, 6) is 0. The van der Waals surface area contributed by atoms with Crippen LogP contribution in [-0.4, -0.2) is 38.0 Å². The third-order valence-corrected chi connectivity index (χ3v) is 4.44. The average Bonchev–Trinajstić information content (AvgIpc) is 2.31. The van der Waals surface area contributed by atoms with E-state index in [1.807, 2.05) is 0 Å². The minimum absolute atomic E-state index is 0.0919. The van der Waals surface area contributed by atoms with Crippen molar-refractivity contribution in [3.8, 4) is 0 Å². The Morgan fingerprint density at radius 1 is 1.35 bits per heavy atom. The Hall–Kier alpha value is -0.120. The monoisotopic (exact) mass is 243 g/mol. The number of hydrogen-bond donors (Lipinski definition) is 1. The summed E-state index contributed by atoms with van der Waals surface area (Å²) in [6.45, 7) is 12.6. The molecule has 3 nitrogen and oxygen atoms in total. The van der Waals surface area contributed by atoms with E-state index < -0.39 is 0 Å². The van der Waals surface area contributed by atoms with Crippen LogP contribution in [0, 0.1) is 5.41 Å². The molecule has 1 fully saturated rings. The lowest BCUT2D eigenvalue weighted by Crippen LogP contribution is -2.63. The van der Waals surface area contributed by atoms with Gasteiger partial charge in [0.25, 0.3) is 0 Å². The van der Waals surface area contributed by atoms with Crippen LogP contribution in [0.15, 0.2) is 0 Å². The Labute approximate surface area is 106 Å². The van der Waals surface area contributed by atoms with Gasteiger partial charge in [0.15, 0.2) is 0 Å². The summed E-state index contributed by atoms with van der Waals surface area (Å²) < 4.78 is 11.2. The van der Waals surface area contributed by atoms with Crippen LogP contribution in [0.3, 0.4) is 0 Å². The minimum atomic E-state index is -0.0919. The van der Waals surface area contributed by atoms with Crippen LogP contribution in [0.2, 0.25) is 0 Å². The molecule has 0 saturated heterocycles. The van der Waals surface area contributed by atoms with Crippen molar-refractivity contribution in [2.75, 3.05) is 20.3 Å². The van der Waals surface area contributed by atoms with E-state index in [1.165, 1.54) is 0 Å². The van der Waals surface area contributed by atoms with Crippen LogP contribution in [0.25, 0.3) is 0 Å². The summed E-state index contributed by atoms with van der Waals surface area (Å²) in [6.07, 6.45) is 2.70. The van der Waals surface area contributed by atoms with Gasteiger partial charge >= 0.3 is 0 Å².